The summed E-state index contributed by atoms with van der Waals surface area (Å²) in [5.41, 5.74) is 0.522. The summed E-state index contributed by atoms with van der Waals surface area (Å²) in [6, 6.07) is 0. The first-order valence-corrected chi connectivity index (χ1v) is 7.12. The lowest BCUT2D eigenvalue weighted by Gasteiger charge is -2.50. The Hall–Kier alpha value is -0.0800. The Bertz CT molecular complexity index is 211. The quantitative estimate of drug-likeness (QED) is 0.775. The molecule has 0 aromatic carbocycles. The zero-order chi connectivity index (χ0) is 11.6. The molecule has 1 N–H and O–H groups in total. The molecule has 0 spiro atoms. The number of likely N-dealkylation sites (tertiary alicyclic amines) is 1. The number of nitrogens with zero attached hydrogens (tertiary/aromatic N) is 1. The van der Waals surface area contributed by atoms with Gasteiger partial charge in [0.05, 0.1) is 0 Å². The minimum absolute atomic E-state index is 0.522. The predicted octanol–water partition coefficient (Wildman–Crippen LogP) is 2.50. The second-order valence-corrected chi connectivity index (χ2v) is 6.18. The van der Waals surface area contributed by atoms with E-state index in [-0.39, 0.29) is 0 Å². The average molecular weight is 224 g/mol. The van der Waals surface area contributed by atoms with Gasteiger partial charge in [0, 0.05) is 18.6 Å². The Morgan fingerprint density at radius 3 is 2.19 bits per heavy atom. The molecule has 2 aliphatic rings. The van der Waals surface area contributed by atoms with Gasteiger partial charge >= 0.3 is 0 Å². The molecule has 0 aromatic heterocycles. The van der Waals surface area contributed by atoms with Crippen LogP contribution in [0.25, 0.3) is 0 Å². The lowest BCUT2D eigenvalue weighted by molar-refractivity contribution is 0.00113. The maximum Gasteiger partial charge on any atom is 0.0231 e. The number of hydrogen-bond acceptors (Lipinski definition) is 2. The average Bonchev–Trinajstić information content (AvgIpc) is 2.28. The maximum absolute atomic E-state index is 3.51. The van der Waals surface area contributed by atoms with Crippen LogP contribution in [0.2, 0.25) is 0 Å². The van der Waals surface area contributed by atoms with E-state index >= 15 is 0 Å². The second-order valence-electron chi connectivity index (χ2n) is 6.18. The molecule has 0 radical (unpaired) electrons. The van der Waals surface area contributed by atoms with E-state index in [1.54, 1.807) is 0 Å². The zero-order valence-electron chi connectivity index (χ0n) is 11.3. The number of rotatable bonds is 2. The standard InChI is InChI=1S/C14H28N2/c1-4-14(5-7-15-8-6-14)16-10-12(2)9-13(3)11-16/h12-13,15H,4-11H2,1-3H3. The van der Waals surface area contributed by atoms with Crippen molar-refractivity contribution < 1.29 is 0 Å². The van der Waals surface area contributed by atoms with Gasteiger partial charge < -0.3 is 5.32 Å². The molecule has 0 bridgehead atoms. The van der Waals surface area contributed by atoms with Gasteiger partial charge in [0.25, 0.3) is 0 Å². The fraction of sp³-hybridized carbons (Fsp3) is 1.00. The molecule has 2 atom stereocenters. The van der Waals surface area contributed by atoms with Crippen molar-refractivity contribution in [2.24, 2.45) is 11.8 Å². The van der Waals surface area contributed by atoms with Crippen molar-refractivity contribution >= 4 is 0 Å². The van der Waals surface area contributed by atoms with Crippen molar-refractivity contribution in [2.45, 2.75) is 52.0 Å². The van der Waals surface area contributed by atoms with E-state index in [9.17, 15) is 0 Å². The predicted molar refractivity (Wildman–Crippen MR) is 69.6 cm³/mol. The van der Waals surface area contributed by atoms with Crippen LogP contribution in [-0.4, -0.2) is 36.6 Å². The van der Waals surface area contributed by atoms with Gasteiger partial charge in [-0.15, -0.1) is 0 Å². The van der Waals surface area contributed by atoms with Crippen molar-refractivity contribution in [3.63, 3.8) is 0 Å². The van der Waals surface area contributed by atoms with Crippen LogP contribution in [0, 0.1) is 11.8 Å². The minimum atomic E-state index is 0.522. The first-order chi connectivity index (χ1) is 7.66. The molecule has 2 nitrogen and oxygen atoms in total. The molecule has 0 aromatic rings. The maximum atomic E-state index is 3.51. The first kappa shape index (κ1) is 12.4. The van der Waals surface area contributed by atoms with Crippen molar-refractivity contribution in [2.75, 3.05) is 26.2 Å². The smallest absolute Gasteiger partial charge is 0.0231 e. The summed E-state index contributed by atoms with van der Waals surface area (Å²) in [7, 11) is 0. The van der Waals surface area contributed by atoms with Gasteiger partial charge in [-0.2, -0.15) is 0 Å². The minimum Gasteiger partial charge on any atom is -0.317 e. The van der Waals surface area contributed by atoms with Crippen LogP contribution in [0.5, 0.6) is 0 Å². The van der Waals surface area contributed by atoms with Gasteiger partial charge in [-0.3, -0.25) is 4.90 Å². The Balaban J connectivity index is 2.07. The van der Waals surface area contributed by atoms with E-state index in [1.165, 1.54) is 51.9 Å². The summed E-state index contributed by atoms with van der Waals surface area (Å²) >= 11 is 0. The third-order valence-corrected chi connectivity index (χ3v) is 4.73. The Morgan fingerprint density at radius 1 is 1.12 bits per heavy atom. The van der Waals surface area contributed by atoms with E-state index in [2.05, 4.69) is 31.0 Å². The second kappa shape index (κ2) is 5.05. The highest BCUT2D eigenvalue weighted by molar-refractivity contribution is 4.96. The molecule has 16 heavy (non-hydrogen) atoms. The molecule has 2 aliphatic heterocycles. The topological polar surface area (TPSA) is 15.3 Å². The van der Waals surface area contributed by atoms with Crippen molar-refractivity contribution in [1.29, 1.82) is 0 Å². The van der Waals surface area contributed by atoms with Crippen LogP contribution in [0.4, 0.5) is 0 Å². The molecule has 2 unspecified atom stereocenters. The lowest BCUT2D eigenvalue weighted by atomic mass is 9.80. The van der Waals surface area contributed by atoms with Crippen molar-refractivity contribution in [3.8, 4) is 0 Å². The molecular formula is C14H28N2. The summed E-state index contributed by atoms with van der Waals surface area (Å²) in [6.45, 7) is 12.3. The molecular weight excluding hydrogens is 196 g/mol. The molecule has 0 saturated carbocycles. The zero-order valence-corrected chi connectivity index (χ0v) is 11.3. The summed E-state index contributed by atoms with van der Waals surface area (Å²) in [4.78, 5) is 2.83. The van der Waals surface area contributed by atoms with E-state index in [0.29, 0.717) is 5.54 Å². The van der Waals surface area contributed by atoms with Gasteiger partial charge in [0.15, 0.2) is 0 Å². The van der Waals surface area contributed by atoms with Crippen LogP contribution < -0.4 is 5.32 Å². The van der Waals surface area contributed by atoms with Crippen LogP contribution in [0.3, 0.4) is 0 Å². The van der Waals surface area contributed by atoms with Crippen LogP contribution in [-0.2, 0) is 0 Å². The highest BCUT2D eigenvalue weighted by atomic mass is 15.2. The Kier molecular flexibility index (Phi) is 3.91. The normalized spacial score (nSPS) is 36.2. The third-order valence-electron chi connectivity index (χ3n) is 4.73. The molecule has 2 rings (SSSR count). The molecule has 2 saturated heterocycles. The van der Waals surface area contributed by atoms with Gasteiger partial charge in [-0.1, -0.05) is 20.8 Å². The van der Waals surface area contributed by atoms with E-state index in [0.717, 1.165) is 11.8 Å². The fourth-order valence-electron chi connectivity index (χ4n) is 3.84. The molecule has 2 heteroatoms. The summed E-state index contributed by atoms with van der Waals surface area (Å²) < 4.78 is 0. The van der Waals surface area contributed by atoms with Crippen LogP contribution >= 0.6 is 0 Å². The molecule has 0 aliphatic carbocycles. The monoisotopic (exact) mass is 224 g/mol. The number of hydrogen-bond donors (Lipinski definition) is 1. The first-order valence-electron chi connectivity index (χ1n) is 7.12. The third kappa shape index (κ3) is 2.43. The van der Waals surface area contributed by atoms with E-state index in [4.69, 9.17) is 0 Å². The van der Waals surface area contributed by atoms with Gasteiger partial charge in [-0.05, 0) is 50.6 Å². The van der Waals surface area contributed by atoms with Crippen LogP contribution in [0.1, 0.15) is 46.5 Å². The van der Waals surface area contributed by atoms with Crippen LogP contribution in [0.15, 0.2) is 0 Å². The molecule has 0 amide bonds. The van der Waals surface area contributed by atoms with Gasteiger partial charge in [-0.25, -0.2) is 0 Å². The molecule has 2 fully saturated rings. The largest absolute Gasteiger partial charge is 0.317 e. The summed E-state index contributed by atoms with van der Waals surface area (Å²) in [5.74, 6) is 1.78. The fourth-order valence-corrected chi connectivity index (χ4v) is 3.84. The summed E-state index contributed by atoms with van der Waals surface area (Å²) in [5, 5.41) is 3.51. The Labute approximate surface area is 101 Å². The van der Waals surface area contributed by atoms with Crippen molar-refractivity contribution in [3.05, 3.63) is 0 Å². The van der Waals surface area contributed by atoms with Gasteiger partial charge in [0.1, 0.15) is 0 Å². The highest BCUT2D eigenvalue weighted by Gasteiger charge is 2.39. The number of piperidine rings is 2. The molecule has 2 heterocycles. The van der Waals surface area contributed by atoms with E-state index in [1.807, 2.05) is 0 Å². The van der Waals surface area contributed by atoms with Crippen molar-refractivity contribution in [1.82, 2.24) is 10.2 Å². The Morgan fingerprint density at radius 2 is 1.69 bits per heavy atom. The molecule has 94 valence electrons. The SMILES string of the molecule is CCC1(N2CC(C)CC(C)C2)CCNCC1. The lowest BCUT2D eigenvalue weighted by Crippen LogP contribution is -2.58. The van der Waals surface area contributed by atoms with E-state index < -0.39 is 0 Å². The van der Waals surface area contributed by atoms with Gasteiger partial charge in [0.2, 0.25) is 0 Å². The highest BCUT2D eigenvalue weighted by Crippen LogP contribution is 2.34. The summed E-state index contributed by atoms with van der Waals surface area (Å²) in [6.07, 6.45) is 5.45. The number of nitrogens with one attached hydrogen (secondary N) is 1.